The highest BCUT2D eigenvalue weighted by Crippen LogP contribution is 2.31. The van der Waals surface area contributed by atoms with E-state index >= 15 is 0 Å². The van der Waals surface area contributed by atoms with Crippen LogP contribution in [0.5, 0.6) is 0 Å². The maximum Gasteiger partial charge on any atom is 0.416 e. The number of alkyl halides is 3. The first-order chi connectivity index (χ1) is 11.9. The number of furan rings is 1. The van der Waals surface area contributed by atoms with Crippen molar-refractivity contribution in [3.63, 3.8) is 0 Å². The fourth-order valence-corrected chi connectivity index (χ4v) is 2.09. The standard InChI is InChI=1S/C16H12F3N3O3/c17-16(18,19)11-4-1-3-10(9-11)14-21-13(25-22-14)6-7-20-15(23)12-5-2-8-24-12/h1-5,8-9H,6-7H2,(H,20,23). The van der Waals surface area contributed by atoms with Crippen molar-refractivity contribution in [2.45, 2.75) is 12.6 Å². The molecule has 0 saturated carbocycles. The quantitative estimate of drug-likeness (QED) is 0.763. The number of rotatable bonds is 5. The fourth-order valence-electron chi connectivity index (χ4n) is 2.09. The average Bonchev–Trinajstić information content (AvgIpc) is 3.26. The Kier molecular flexibility index (Phi) is 4.55. The second-order valence-electron chi connectivity index (χ2n) is 5.07. The largest absolute Gasteiger partial charge is 0.459 e. The van der Waals surface area contributed by atoms with Crippen LogP contribution in [0.3, 0.4) is 0 Å². The van der Waals surface area contributed by atoms with Gasteiger partial charge in [0.25, 0.3) is 5.91 Å². The van der Waals surface area contributed by atoms with Gasteiger partial charge in [-0.15, -0.1) is 0 Å². The number of aromatic nitrogens is 2. The number of nitrogens with zero attached hydrogens (tertiary/aromatic N) is 2. The Morgan fingerprint density at radius 3 is 2.76 bits per heavy atom. The van der Waals surface area contributed by atoms with Crippen molar-refractivity contribution in [2.24, 2.45) is 0 Å². The molecule has 0 spiro atoms. The van der Waals surface area contributed by atoms with E-state index in [0.29, 0.717) is 0 Å². The van der Waals surface area contributed by atoms with E-state index in [1.165, 1.54) is 24.5 Å². The molecule has 0 radical (unpaired) electrons. The summed E-state index contributed by atoms with van der Waals surface area (Å²) in [6.45, 7) is 0.212. The van der Waals surface area contributed by atoms with E-state index in [0.717, 1.165) is 12.1 Å². The normalized spacial score (nSPS) is 11.5. The van der Waals surface area contributed by atoms with Gasteiger partial charge in [0.1, 0.15) is 0 Å². The van der Waals surface area contributed by atoms with E-state index in [2.05, 4.69) is 15.5 Å². The van der Waals surface area contributed by atoms with Gasteiger partial charge in [0, 0.05) is 18.5 Å². The zero-order valence-electron chi connectivity index (χ0n) is 12.7. The zero-order valence-corrected chi connectivity index (χ0v) is 12.7. The number of hydrogen-bond donors (Lipinski definition) is 1. The van der Waals surface area contributed by atoms with Crippen LogP contribution >= 0.6 is 0 Å². The first-order valence-corrected chi connectivity index (χ1v) is 7.25. The molecule has 130 valence electrons. The predicted molar refractivity (Wildman–Crippen MR) is 79.5 cm³/mol. The van der Waals surface area contributed by atoms with Gasteiger partial charge in [0.15, 0.2) is 5.76 Å². The summed E-state index contributed by atoms with van der Waals surface area (Å²) in [6.07, 6.45) is -2.83. The van der Waals surface area contributed by atoms with Crippen molar-refractivity contribution in [3.8, 4) is 11.4 Å². The topological polar surface area (TPSA) is 81.2 Å². The molecule has 0 saturated heterocycles. The first kappa shape index (κ1) is 16.7. The highest BCUT2D eigenvalue weighted by molar-refractivity contribution is 5.91. The van der Waals surface area contributed by atoms with Gasteiger partial charge in [-0.2, -0.15) is 18.2 Å². The molecular formula is C16H12F3N3O3. The summed E-state index contributed by atoms with van der Waals surface area (Å²) in [5.41, 5.74) is -0.591. The number of hydrogen-bond acceptors (Lipinski definition) is 5. The van der Waals surface area contributed by atoms with Crippen LogP contribution in [-0.2, 0) is 12.6 Å². The fraction of sp³-hybridized carbons (Fsp3) is 0.188. The van der Waals surface area contributed by atoms with E-state index in [1.807, 2.05) is 0 Å². The van der Waals surface area contributed by atoms with Gasteiger partial charge in [-0.1, -0.05) is 17.3 Å². The third-order valence-electron chi connectivity index (χ3n) is 3.29. The molecule has 3 rings (SSSR count). The molecule has 0 atom stereocenters. The molecule has 0 bridgehead atoms. The van der Waals surface area contributed by atoms with Gasteiger partial charge >= 0.3 is 6.18 Å². The number of amides is 1. The van der Waals surface area contributed by atoms with Crippen molar-refractivity contribution < 1.29 is 26.9 Å². The molecule has 0 aliphatic carbocycles. The lowest BCUT2D eigenvalue weighted by atomic mass is 10.1. The summed E-state index contributed by atoms with van der Waals surface area (Å²) in [5, 5.41) is 6.27. The second-order valence-corrected chi connectivity index (χ2v) is 5.07. The molecule has 25 heavy (non-hydrogen) atoms. The van der Waals surface area contributed by atoms with Crippen molar-refractivity contribution in [1.82, 2.24) is 15.5 Å². The van der Waals surface area contributed by atoms with Crippen LogP contribution < -0.4 is 5.32 Å². The minimum absolute atomic E-state index is 0.0541. The van der Waals surface area contributed by atoms with Gasteiger partial charge in [0.05, 0.1) is 11.8 Å². The van der Waals surface area contributed by atoms with Crippen molar-refractivity contribution in [3.05, 3.63) is 59.9 Å². The zero-order chi connectivity index (χ0) is 17.9. The van der Waals surface area contributed by atoms with Crippen LogP contribution in [0.25, 0.3) is 11.4 Å². The molecule has 1 aromatic carbocycles. The van der Waals surface area contributed by atoms with E-state index in [4.69, 9.17) is 8.94 Å². The summed E-state index contributed by atoms with van der Waals surface area (Å²) in [5.74, 6) is 0.0448. The number of carbonyl (C=O) groups excluding carboxylic acids is 1. The van der Waals surface area contributed by atoms with Gasteiger partial charge < -0.3 is 14.3 Å². The Bertz CT molecular complexity index is 857. The predicted octanol–water partition coefficient (Wildman–Crippen LogP) is 3.32. The molecule has 2 aromatic heterocycles. The lowest BCUT2D eigenvalue weighted by Gasteiger charge is -2.06. The lowest BCUT2D eigenvalue weighted by molar-refractivity contribution is -0.137. The Hall–Kier alpha value is -3.10. The Morgan fingerprint density at radius 1 is 1.20 bits per heavy atom. The van der Waals surface area contributed by atoms with Crippen LogP contribution in [0.15, 0.2) is 51.6 Å². The Labute approximate surface area is 139 Å². The molecule has 3 aromatic rings. The van der Waals surface area contributed by atoms with Crippen LogP contribution in [0.1, 0.15) is 22.0 Å². The minimum Gasteiger partial charge on any atom is -0.459 e. The Morgan fingerprint density at radius 2 is 2.04 bits per heavy atom. The minimum atomic E-state index is -4.45. The van der Waals surface area contributed by atoms with E-state index in [-0.39, 0.29) is 41.9 Å². The molecule has 1 N–H and O–H groups in total. The molecule has 0 unspecified atom stereocenters. The Balaban J connectivity index is 1.62. The number of carbonyl (C=O) groups is 1. The third-order valence-corrected chi connectivity index (χ3v) is 3.29. The molecule has 6 nitrogen and oxygen atoms in total. The van der Waals surface area contributed by atoms with Gasteiger partial charge in [-0.25, -0.2) is 0 Å². The molecule has 0 aliphatic rings. The van der Waals surface area contributed by atoms with Crippen LogP contribution in [0, 0.1) is 0 Å². The maximum atomic E-state index is 12.7. The molecular weight excluding hydrogens is 339 g/mol. The average molecular weight is 351 g/mol. The lowest BCUT2D eigenvalue weighted by Crippen LogP contribution is -2.25. The van der Waals surface area contributed by atoms with Crippen LogP contribution in [0.4, 0.5) is 13.2 Å². The highest BCUT2D eigenvalue weighted by Gasteiger charge is 2.30. The van der Waals surface area contributed by atoms with Crippen molar-refractivity contribution in [1.29, 1.82) is 0 Å². The maximum absolute atomic E-state index is 12.7. The molecule has 0 fully saturated rings. The molecule has 2 heterocycles. The highest BCUT2D eigenvalue weighted by atomic mass is 19.4. The van der Waals surface area contributed by atoms with E-state index in [9.17, 15) is 18.0 Å². The summed E-state index contributed by atoms with van der Waals surface area (Å²) < 4.78 is 48.1. The SMILES string of the molecule is O=C(NCCc1nc(-c2cccc(C(F)(F)F)c2)no1)c1ccco1. The van der Waals surface area contributed by atoms with Crippen molar-refractivity contribution in [2.75, 3.05) is 6.54 Å². The summed E-state index contributed by atoms with van der Waals surface area (Å²) in [7, 11) is 0. The van der Waals surface area contributed by atoms with Gasteiger partial charge in [0.2, 0.25) is 11.7 Å². The molecule has 1 amide bonds. The van der Waals surface area contributed by atoms with Crippen molar-refractivity contribution >= 4 is 5.91 Å². The van der Waals surface area contributed by atoms with Gasteiger partial charge in [-0.05, 0) is 24.3 Å². The van der Waals surface area contributed by atoms with Crippen LogP contribution in [-0.4, -0.2) is 22.6 Å². The van der Waals surface area contributed by atoms with E-state index < -0.39 is 11.7 Å². The summed E-state index contributed by atoms with van der Waals surface area (Å²) in [6, 6.07) is 7.77. The third kappa shape index (κ3) is 4.06. The monoisotopic (exact) mass is 351 g/mol. The summed E-state index contributed by atoms with van der Waals surface area (Å²) in [4.78, 5) is 15.7. The second kappa shape index (κ2) is 6.80. The number of halogens is 3. The molecule has 9 heteroatoms. The smallest absolute Gasteiger partial charge is 0.416 e. The summed E-state index contributed by atoms with van der Waals surface area (Å²) >= 11 is 0. The first-order valence-electron chi connectivity index (χ1n) is 7.25. The number of nitrogens with one attached hydrogen (secondary N) is 1. The van der Waals surface area contributed by atoms with Crippen LogP contribution in [0.2, 0.25) is 0 Å². The van der Waals surface area contributed by atoms with E-state index in [1.54, 1.807) is 6.07 Å². The molecule has 0 aliphatic heterocycles. The number of benzene rings is 1. The van der Waals surface area contributed by atoms with Gasteiger partial charge in [-0.3, -0.25) is 4.79 Å².